The van der Waals surface area contributed by atoms with Gasteiger partial charge in [-0.3, -0.25) is 0 Å². The average Bonchev–Trinajstić information content (AvgIpc) is 3.73. The molecule has 0 fully saturated rings. The maximum absolute atomic E-state index is 10.0. The minimum Gasteiger partial charge on any atom is -0.456 e. The first-order chi connectivity index (χ1) is 31.2. The van der Waals surface area contributed by atoms with Crippen LogP contribution < -0.4 is 0 Å². The van der Waals surface area contributed by atoms with Gasteiger partial charge in [0, 0.05) is 10.8 Å². The van der Waals surface area contributed by atoms with Gasteiger partial charge in [-0.25, -0.2) is 0 Å². The van der Waals surface area contributed by atoms with Crippen molar-refractivity contribution in [2.75, 3.05) is 0 Å². The van der Waals surface area contributed by atoms with Gasteiger partial charge in [0.05, 0.1) is 19.2 Å². The van der Waals surface area contributed by atoms with Crippen LogP contribution >= 0.6 is 0 Å². The minimum absolute atomic E-state index is 0.0319. The van der Waals surface area contributed by atoms with Crippen LogP contribution in [0.5, 0.6) is 0 Å². The van der Waals surface area contributed by atoms with Gasteiger partial charge in [0.25, 0.3) is 0 Å². The first-order valence-electron chi connectivity index (χ1n) is 23.4. The molecule has 0 aliphatic heterocycles. The van der Waals surface area contributed by atoms with E-state index in [0.717, 1.165) is 0 Å². The predicted octanol–water partition coefficient (Wildman–Crippen LogP) is 14.2. The molecule has 9 aromatic carbocycles. The lowest BCUT2D eigenvalue weighted by atomic mass is 9.83. The highest BCUT2D eigenvalue weighted by atomic mass is 16.3. The zero-order valence-corrected chi connectivity index (χ0v) is 26.8. The number of rotatable bonds is 5. The molecule has 10 rings (SSSR count). The van der Waals surface area contributed by atoms with Crippen molar-refractivity contribution in [3.63, 3.8) is 0 Å². The molecule has 0 aliphatic rings. The van der Waals surface area contributed by atoms with E-state index in [0.29, 0.717) is 43.8 Å². The first kappa shape index (κ1) is 18.3. The standard InChI is InChI=1S/C50H32O/c1-4-15-33(16-5-1)36-27-30-43-47(32-36)51-46-26-14-25-44(50(43)46)49-41-23-12-10-21-39(41)48(40-22-11-13-24-42(40)49)37-28-29-38(34-17-6-2-7-18-34)45(31-37)35-19-8-3-9-20-35/h1-32H/i3D,8D,9D,14D,19D,20D,25D,26D,27D,28D,29D,30D,31D,32D. The Balaban J connectivity index is 1.38. The van der Waals surface area contributed by atoms with Crippen LogP contribution in [0.3, 0.4) is 0 Å². The van der Waals surface area contributed by atoms with Gasteiger partial charge < -0.3 is 4.42 Å². The third kappa shape index (κ3) is 4.86. The first-order valence-corrected chi connectivity index (χ1v) is 16.4. The fourth-order valence-corrected chi connectivity index (χ4v) is 6.97. The van der Waals surface area contributed by atoms with Crippen molar-refractivity contribution in [3.05, 3.63) is 194 Å². The van der Waals surface area contributed by atoms with Gasteiger partial charge in [0.15, 0.2) is 0 Å². The second-order valence-electron chi connectivity index (χ2n) is 12.1. The monoisotopic (exact) mass is 662 g/mol. The molecule has 0 atom stereocenters. The van der Waals surface area contributed by atoms with Crippen LogP contribution in [-0.4, -0.2) is 0 Å². The Kier molecular flexibility index (Phi) is 4.32. The summed E-state index contributed by atoms with van der Waals surface area (Å²) >= 11 is 0. The summed E-state index contributed by atoms with van der Waals surface area (Å²) in [6, 6.07) is 25.2. The molecule has 0 saturated heterocycles. The van der Waals surface area contributed by atoms with Gasteiger partial charge in [-0.2, -0.15) is 0 Å². The summed E-state index contributed by atoms with van der Waals surface area (Å²) in [5.41, 5.74) is 1.23. The quantitative estimate of drug-likeness (QED) is 0.167. The maximum atomic E-state index is 10.0. The normalized spacial score (nSPS) is 15.4. The fourth-order valence-electron chi connectivity index (χ4n) is 6.97. The molecule has 51 heavy (non-hydrogen) atoms. The highest BCUT2D eigenvalue weighted by Gasteiger charge is 2.21. The zero-order valence-electron chi connectivity index (χ0n) is 40.8. The number of furan rings is 1. The van der Waals surface area contributed by atoms with Crippen LogP contribution in [0.15, 0.2) is 198 Å². The molecule has 238 valence electrons. The van der Waals surface area contributed by atoms with Crippen LogP contribution in [-0.2, 0) is 0 Å². The third-order valence-corrected chi connectivity index (χ3v) is 9.19. The molecular weight excluding hydrogens is 617 g/mol. The van der Waals surface area contributed by atoms with E-state index in [1.165, 1.54) is 0 Å². The molecule has 1 nitrogen and oxygen atoms in total. The molecule has 10 aromatic rings. The SMILES string of the molecule is [2H]c1c([2H])c([2H])c(-c2c([2H])c(-c3c4ccccc4c(-c4c([2H])c([2H])c([2H])c5oc6c([2H])c(-c7ccccc7)c([2H])c([2H])c6c45)c4ccccc34)c([2H])c([2H])c2-c2ccccc2)c([2H])c1[2H]. The highest BCUT2D eigenvalue weighted by Crippen LogP contribution is 2.48. The Hall–Kier alpha value is -6.70. The van der Waals surface area contributed by atoms with E-state index in [-0.39, 0.29) is 97.6 Å². The van der Waals surface area contributed by atoms with Gasteiger partial charge in [-0.15, -0.1) is 0 Å². The van der Waals surface area contributed by atoms with E-state index in [4.69, 9.17) is 15.4 Å². The number of benzene rings is 9. The van der Waals surface area contributed by atoms with Crippen molar-refractivity contribution in [2.24, 2.45) is 0 Å². The molecule has 1 aromatic heterocycles. The van der Waals surface area contributed by atoms with Gasteiger partial charge in [0.2, 0.25) is 0 Å². The Morgan fingerprint density at radius 1 is 0.333 bits per heavy atom. The summed E-state index contributed by atoms with van der Waals surface area (Å²) < 4.78 is 135. The van der Waals surface area contributed by atoms with E-state index < -0.39 is 42.3 Å². The number of hydrogen-bond donors (Lipinski definition) is 0. The Morgan fingerprint density at radius 3 is 1.63 bits per heavy atom. The van der Waals surface area contributed by atoms with Crippen molar-refractivity contribution in [1.82, 2.24) is 0 Å². The Bertz CT molecular complexity index is 3610. The summed E-state index contributed by atoms with van der Waals surface area (Å²) in [4.78, 5) is 0. The summed E-state index contributed by atoms with van der Waals surface area (Å²) in [5.74, 6) is 0. The molecule has 0 unspecified atom stereocenters. The molecule has 1 heteroatoms. The van der Waals surface area contributed by atoms with Crippen LogP contribution in [0.1, 0.15) is 19.2 Å². The minimum atomic E-state index is -0.623. The molecule has 0 amide bonds. The van der Waals surface area contributed by atoms with E-state index in [9.17, 15) is 8.22 Å². The lowest BCUT2D eigenvalue weighted by Crippen LogP contribution is -1.93. The second-order valence-corrected chi connectivity index (χ2v) is 12.1. The average molecular weight is 663 g/mol. The number of fused-ring (bicyclic) bond motifs is 5. The van der Waals surface area contributed by atoms with Crippen LogP contribution in [0, 0.1) is 0 Å². The zero-order chi connectivity index (χ0) is 45.9. The van der Waals surface area contributed by atoms with E-state index >= 15 is 0 Å². The van der Waals surface area contributed by atoms with Crippen molar-refractivity contribution in [3.8, 4) is 55.6 Å². The predicted molar refractivity (Wildman–Crippen MR) is 216 cm³/mol. The largest absolute Gasteiger partial charge is 0.456 e. The van der Waals surface area contributed by atoms with Crippen molar-refractivity contribution >= 4 is 43.5 Å². The molecule has 0 saturated carbocycles. The molecular formula is C50H32O. The maximum Gasteiger partial charge on any atom is 0.136 e. The van der Waals surface area contributed by atoms with Crippen LogP contribution in [0.2, 0.25) is 0 Å². The Labute approximate surface area is 316 Å². The van der Waals surface area contributed by atoms with E-state index in [1.807, 2.05) is 0 Å². The van der Waals surface area contributed by atoms with Crippen molar-refractivity contribution in [1.29, 1.82) is 0 Å². The Morgan fingerprint density at radius 2 is 0.941 bits per heavy atom. The fraction of sp³-hybridized carbons (Fsp3) is 0. The molecule has 0 spiro atoms. The van der Waals surface area contributed by atoms with Crippen LogP contribution in [0.4, 0.5) is 0 Å². The molecule has 0 N–H and O–H groups in total. The number of hydrogen-bond acceptors (Lipinski definition) is 1. The summed E-state index contributed by atoms with van der Waals surface area (Å²) in [6.07, 6.45) is 0. The molecule has 0 bridgehead atoms. The summed E-state index contributed by atoms with van der Waals surface area (Å²) in [6.45, 7) is 0. The second kappa shape index (κ2) is 12.0. The van der Waals surface area contributed by atoms with Crippen molar-refractivity contribution in [2.45, 2.75) is 0 Å². The summed E-state index contributed by atoms with van der Waals surface area (Å²) in [7, 11) is 0. The van der Waals surface area contributed by atoms with Gasteiger partial charge in [0.1, 0.15) is 11.2 Å². The smallest absolute Gasteiger partial charge is 0.136 e. The topological polar surface area (TPSA) is 13.1 Å². The van der Waals surface area contributed by atoms with Gasteiger partial charge >= 0.3 is 0 Å². The summed E-state index contributed by atoms with van der Waals surface area (Å²) in [5, 5.41) is 1.91. The van der Waals surface area contributed by atoms with E-state index in [2.05, 4.69) is 0 Å². The highest BCUT2D eigenvalue weighted by molar-refractivity contribution is 6.25. The van der Waals surface area contributed by atoms with E-state index in [1.54, 1.807) is 109 Å². The third-order valence-electron chi connectivity index (χ3n) is 9.19. The van der Waals surface area contributed by atoms with Crippen molar-refractivity contribution < 1.29 is 23.6 Å². The lowest BCUT2D eigenvalue weighted by Gasteiger charge is -2.19. The molecule has 1 heterocycles. The van der Waals surface area contributed by atoms with Crippen LogP contribution in [0.25, 0.3) is 99.1 Å². The lowest BCUT2D eigenvalue weighted by molar-refractivity contribution is 0.669. The molecule has 0 radical (unpaired) electrons. The van der Waals surface area contributed by atoms with Gasteiger partial charge in [-0.05, 0) is 101 Å². The van der Waals surface area contributed by atoms with Gasteiger partial charge in [-0.1, -0.05) is 170 Å². The molecule has 0 aliphatic carbocycles.